The van der Waals surface area contributed by atoms with Gasteiger partial charge in [-0.05, 0) is 80.1 Å². The van der Waals surface area contributed by atoms with Crippen LogP contribution in [0.2, 0.25) is 0 Å². The van der Waals surface area contributed by atoms with Crippen LogP contribution in [0.5, 0.6) is 0 Å². The van der Waals surface area contributed by atoms with Crippen molar-refractivity contribution in [2.24, 2.45) is 0 Å². The van der Waals surface area contributed by atoms with Crippen LogP contribution in [0, 0.1) is 0 Å². The fraction of sp³-hybridized carbons (Fsp3) is 0.875. The highest BCUT2D eigenvalue weighted by Gasteiger charge is 2.31. The molecule has 0 radical (unpaired) electrons. The molecule has 0 aromatic rings. The molecule has 0 aromatic heterocycles. The molecule has 200 valence electrons. The lowest BCUT2D eigenvalue weighted by molar-refractivity contribution is -0.134. The van der Waals surface area contributed by atoms with Crippen molar-refractivity contribution >= 4 is 52.6 Å². The number of hydrogen-bond acceptors (Lipinski definition) is 4. The molecular weight excluding hydrogens is 501 g/mol. The second kappa shape index (κ2) is 17.6. The Morgan fingerprint density at radius 3 is 1.06 bits per heavy atom. The van der Waals surface area contributed by atoms with Crippen molar-refractivity contribution in [2.75, 3.05) is 17.6 Å². The second-order valence-corrected chi connectivity index (χ2v) is 10.3. The van der Waals surface area contributed by atoms with E-state index in [0.29, 0.717) is 24.2 Å². The van der Waals surface area contributed by atoms with Crippen molar-refractivity contribution in [3.63, 3.8) is 0 Å². The van der Waals surface area contributed by atoms with E-state index in [1.165, 1.54) is 12.8 Å². The molecule has 34 heavy (non-hydrogen) atoms. The molecule has 3 aliphatic rings. The molecule has 2 amide bonds. The van der Waals surface area contributed by atoms with Crippen molar-refractivity contribution in [2.45, 2.75) is 116 Å². The van der Waals surface area contributed by atoms with Crippen LogP contribution < -0.4 is 5.32 Å². The van der Waals surface area contributed by atoms with E-state index in [9.17, 15) is 14.4 Å². The third-order valence-corrected chi connectivity index (χ3v) is 7.11. The summed E-state index contributed by atoms with van der Waals surface area (Å²) in [5.41, 5.74) is 0. The minimum Gasteiger partial charge on any atom is -0.480 e. The van der Waals surface area contributed by atoms with Crippen LogP contribution in [0.25, 0.3) is 0 Å². The fourth-order valence-corrected chi connectivity index (χ4v) is 4.94. The molecule has 0 aromatic carbocycles. The third kappa shape index (κ3) is 12.3. The predicted octanol–water partition coefficient (Wildman–Crippen LogP) is 4.71. The lowest BCUT2D eigenvalue weighted by Gasteiger charge is -2.25. The molecular formula is C24H44Cl3N3O4. The second-order valence-electron chi connectivity index (χ2n) is 9.49. The molecule has 2 N–H and O–H groups in total. The van der Waals surface area contributed by atoms with Gasteiger partial charge in [-0.2, -0.15) is 0 Å². The summed E-state index contributed by atoms with van der Waals surface area (Å²) in [7, 11) is 0. The molecule has 6 unspecified atom stereocenters. The average Bonchev–Trinajstić information content (AvgIpc) is 3.46. The molecule has 0 bridgehead atoms. The number of alkyl halides is 3. The Morgan fingerprint density at radius 1 is 0.647 bits per heavy atom. The van der Waals surface area contributed by atoms with Crippen LogP contribution in [0.1, 0.15) is 80.1 Å². The molecule has 7 nitrogen and oxygen atoms in total. The van der Waals surface area contributed by atoms with E-state index in [2.05, 4.69) is 46.9 Å². The van der Waals surface area contributed by atoms with Crippen molar-refractivity contribution in [3.8, 4) is 0 Å². The van der Waals surface area contributed by atoms with Gasteiger partial charge in [0.15, 0.2) is 0 Å². The first-order valence-corrected chi connectivity index (χ1v) is 13.8. The molecule has 3 fully saturated rings. The van der Waals surface area contributed by atoms with Gasteiger partial charge in [0.2, 0.25) is 11.8 Å². The maximum Gasteiger partial charge on any atom is 0.318 e. The van der Waals surface area contributed by atoms with Gasteiger partial charge < -0.3 is 20.2 Å². The summed E-state index contributed by atoms with van der Waals surface area (Å²) in [6.45, 7) is 12.8. The Labute approximate surface area is 220 Å². The number of likely N-dealkylation sites (tertiary alicyclic amines) is 2. The van der Waals surface area contributed by atoms with Gasteiger partial charge in [-0.15, -0.1) is 34.8 Å². The lowest BCUT2D eigenvalue weighted by atomic mass is 10.2. The number of halogens is 3. The van der Waals surface area contributed by atoms with Crippen LogP contribution >= 0.6 is 34.8 Å². The first-order valence-electron chi connectivity index (χ1n) is 12.2. The van der Waals surface area contributed by atoms with Gasteiger partial charge in [-0.1, -0.05) is 0 Å². The van der Waals surface area contributed by atoms with Crippen molar-refractivity contribution in [3.05, 3.63) is 0 Å². The number of rotatable bonds is 3. The molecule has 3 heterocycles. The minimum absolute atomic E-state index is 0.0733. The zero-order valence-electron chi connectivity index (χ0n) is 21.5. The number of carboxylic acid groups (broad SMARTS) is 1. The summed E-state index contributed by atoms with van der Waals surface area (Å²) in [4.78, 5) is 35.5. The van der Waals surface area contributed by atoms with Crippen LogP contribution in [-0.2, 0) is 14.4 Å². The highest BCUT2D eigenvalue weighted by Crippen LogP contribution is 2.24. The number of nitrogens with one attached hydrogen (secondary N) is 1. The Kier molecular flexibility index (Phi) is 17.2. The molecule has 0 spiro atoms. The van der Waals surface area contributed by atoms with Crippen LogP contribution in [0.15, 0.2) is 0 Å². The Morgan fingerprint density at radius 2 is 0.912 bits per heavy atom. The Bertz CT molecular complexity index is 562. The van der Waals surface area contributed by atoms with E-state index in [-0.39, 0.29) is 29.5 Å². The van der Waals surface area contributed by atoms with Gasteiger partial charge in [0.05, 0.1) is 0 Å². The quantitative estimate of drug-likeness (QED) is 0.503. The number of carboxylic acids is 1. The molecule has 0 saturated carbocycles. The standard InChI is InChI=1S/2C8H14ClNO.C6H13N.C2H3ClO2/c2*1-6-3-4-7(2)10(6)8(11)5-9;1-5-3-4-6(2)7-5;3-1-2(4)5/h2*6-7H,3-5H2,1-2H3;5-7H,3-4H2,1-2H3;1H2,(H,4,5). The Balaban J connectivity index is 0.000000447. The number of aliphatic carboxylic acids is 1. The smallest absolute Gasteiger partial charge is 0.318 e. The number of carbonyl (C=O) groups excluding carboxylic acids is 2. The molecule has 6 atom stereocenters. The SMILES string of the molecule is CC1CCC(C)N1.CC1CCC(C)N1C(=O)CCl.CC1CCC(C)N1C(=O)CCl.O=C(O)CCl. The predicted molar refractivity (Wildman–Crippen MR) is 141 cm³/mol. The third-order valence-electron chi connectivity index (χ3n) is 6.42. The molecule has 10 heteroatoms. The highest BCUT2D eigenvalue weighted by molar-refractivity contribution is 6.27. The van der Waals surface area contributed by atoms with Gasteiger partial charge in [0.1, 0.15) is 17.6 Å². The monoisotopic (exact) mass is 543 g/mol. The van der Waals surface area contributed by atoms with E-state index in [1.54, 1.807) is 0 Å². The number of carbonyl (C=O) groups is 3. The van der Waals surface area contributed by atoms with Crippen molar-refractivity contribution in [1.29, 1.82) is 0 Å². The molecule has 3 saturated heterocycles. The maximum absolute atomic E-state index is 11.2. The number of nitrogens with zero attached hydrogens (tertiary/aromatic N) is 2. The lowest BCUT2D eigenvalue weighted by Crippen LogP contribution is -2.39. The van der Waals surface area contributed by atoms with Crippen LogP contribution in [0.3, 0.4) is 0 Å². The van der Waals surface area contributed by atoms with Gasteiger partial charge in [0, 0.05) is 36.3 Å². The minimum atomic E-state index is -0.980. The van der Waals surface area contributed by atoms with E-state index >= 15 is 0 Å². The van der Waals surface area contributed by atoms with Gasteiger partial charge in [0.25, 0.3) is 0 Å². The van der Waals surface area contributed by atoms with Crippen LogP contribution in [0.4, 0.5) is 0 Å². The van der Waals surface area contributed by atoms with E-state index in [0.717, 1.165) is 37.8 Å². The maximum atomic E-state index is 11.2. The first-order chi connectivity index (χ1) is 15.9. The van der Waals surface area contributed by atoms with Crippen molar-refractivity contribution < 1.29 is 19.5 Å². The van der Waals surface area contributed by atoms with Gasteiger partial charge in [-0.3, -0.25) is 14.4 Å². The summed E-state index contributed by atoms with van der Waals surface area (Å²) >= 11 is 15.7. The largest absolute Gasteiger partial charge is 0.480 e. The average molecular weight is 545 g/mol. The van der Waals surface area contributed by atoms with E-state index < -0.39 is 5.97 Å². The van der Waals surface area contributed by atoms with E-state index in [4.69, 9.17) is 39.9 Å². The molecule has 3 aliphatic heterocycles. The van der Waals surface area contributed by atoms with Gasteiger partial charge in [-0.25, -0.2) is 0 Å². The molecule has 3 rings (SSSR count). The topological polar surface area (TPSA) is 90.0 Å². The zero-order valence-corrected chi connectivity index (χ0v) is 23.8. The summed E-state index contributed by atoms with van der Waals surface area (Å²) < 4.78 is 0. The summed E-state index contributed by atoms with van der Waals surface area (Å²) in [5, 5.41) is 11.0. The van der Waals surface area contributed by atoms with Crippen molar-refractivity contribution in [1.82, 2.24) is 15.1 Å². The summed E-state index contributed by atoms with van der Waals surface area (Å²) in [6.07, 6.45) is 7.18. The summed E-state index contributed by atoms with van der Waals surface area (Å²) in [6, 6.07) is 3.09. The number of amides is 2. The fourth-order valence-electron chi connectivity index (χ4n) is 4.66. The summed E-state index contributed by atoms with van der Waals surface area (Å²) in [5.74, 6) is -0.899. The highest BCUT2D eigenvalue weighted by atomic mass is 35.5. The normalized spacial score (nSPS) is 29.8. The molecule has 0 aliphatic carbocycles. The first kappa shape index (κ1) is 33.2. The van der Waals surface area contributed by atoms with E-state index in [1.807, 2.05) is 9.80 Å². The number of hydrogen-bond donors (Lipinski definition) is 2. The van der Waals surface area contributed by atoms with Crippen LogP contribution in [-0.4, -0.2) is 86.6 Å². The van der Waals surface area contributed by atoms with Gasteiger partial charge >= 0.3 is 5.97 Å². The zero-order chi connectivity index (χ0) is 26.4. The Hall–Kier alpha value is -0.760.